The largest absolute Gasteiger partial charge is 0.497 e. The second-order valence-corrected chi connectivity index (χ2v) is 5.71. The van der Waals surface area contributed by atoms with Gasteiger partial charge in [0.1, 0.15) is 23.9 Å². The molecule has 0 bridgehead atoms. The van der Waals surface area contributed by atoms with Gasteiger partial charge >= 0.3 is 0 Å². The molecule has 0 saturated heterocycles. The van der Waals surface area contributed by atoms with E-state index in [1.165, 1.54) is 0 Å². The van der Waals surface area contributed by atoms with Crippen molar-refractivity contribution in [3.8, 4) is 17.2 Å². The summed E-state index contributed by atoms with van der Waals surface area (Å²) in [6, 6.07) is 12.7. The number of hydrogen-bond donors (Lipinski definition) is 2. The van der Waals surface area contributed by atoms with E-state index in [0.29, 0.717) is 29.5 Å². The van der Waals surface area contributed by atoms with Crippen LogP contribution in [0.1, 0.15) is 6.92 Å². The van der Waals surface area contributed by atoms with Crippen LogP contribution in [0, 0.1) is 0 Å². The van der Waals surface area contributed by atoms with Crippen molar-refractivity contribution in [2.24, 2.45) is 0 Å². The number of carbonyl (C=O) groups excluding carboxylic acids is 1. The predicted octanol–water partition coefficient (Wildman–Crippen LogP) is 3.71. The van der Waals surface area contributed by atoms with Crippen LogP contribution in [0.2, 0.25) is 0 Å². The van der Waals surface area contributed by atoms with E-state index in [1.54, 1.807) is 32.4 Å². The first-order chi connectivity index (χ1) is 12.5. The molecule has 0 aromatic heterocycles. The summed E-state index contributed by atoms with van der Waals surface area (Å²) in [5.74, 6) is 1.64. The molecule has 0 heterocycles. The zero-order valence-corrected chi connectivity index (χ0v) is 15.3. The fraction of sp³-hybridized carbons (Fsp3) is 0.250. The molecule has 0 radical (unpaired) electrons. The van der Waals surface area contributed by atoms with Gasteiger partial charge in [0.05, 0.1) is 32.1 Å². The lowest BCUT2D eigenvalue weighted by Crippen LogP contribution is -2.22. The minimum atomic E-state index is -0.216. The fourth-order valence-electron chi connectivity index (χ4n) is 2.22. The van der Waals surface area contributed by atoms with E-state index in [2.05, 4.69) is 17.2 Å². The summed E-state index contributed by atoms with van der Waals surface area (Å²) in [6.07, 6.45) is 0. The van der Waals surface area contributed by atoms with Gasteiger partial charge in [-0.1, -0.05) is 18.7 Å². The second kappa shape index (κ2) is 9.36. The molecule has 6 nitrogen and oxygen atoms in total. The highest BCUT2D eigenvalue weighted by Gasteiger charge is 2.10. The summed E-state index contributed by atoms with van der Waals surface area (Å²) in [4.78, 5) is 12.3. The zero-order valence-electron chi connectivity index (χ0n) is 15.3. The Hall–Kier alpha value is -3.15. The summed E-state index contributed by atoms with van der Waals surface area (Å²) < 4.78 is 16.1. The normalized spacial score (nSPS) is 9.96. The first-order valence-electron chi connectivity index (χ1n) is 8.15. The van der Waals surface area contributed by atoms with Crippen molar-refractivity contribution in [1.29, 1.82) is 0 Å². The molecule has 2 N–H and O–H groups in total. The van der Waals surface area contributed by atoms with Gasteiger partial charge in [-0.15, -0.1) is 0 Å². The zero-order chi connectivity index (χ0) is 18.9. The van der Waals surface area contributed by atoms with Crippen molar-refractivity contribution < 1.29 is 19.0 Å². The Morgan fingerprint density at radius 3 is 2.50 bits per heavy atom. The van der Waals surface area contributed by atoms with E-state index in [-0.39, 0.29) is 12.5 Å². The molecule has 1 amide bonds. The van der Waals surface area contributed by atoms with Gasteiger partial charge in [0, 0.05) is 6.07 Å². The highest BCUT2D eigenvalue weighted by molar-refractivity contribution is 5.95. The van der Waals surface area contributed by atoms with Crippen LogP contribution < -0.4 is 24.8 Å². The van der Waals surface area contributed by atoms with E-state index >= 15 is 0 Å². The van der Waals surface area contributed by atoms with Crippen LogP contribution in [0.4, 0.5) is 11.4 Å². The Kier molecular flexibility index (Phi) is 6.91. The molecule has 26 heavy (non-hydrogen) atoms. The molecule has 0 fully saturated rings. The molecule has 0 unspecified atom stereocenters. The Morgan fingerprint density at radius 2 is 1.81 bits per heavy atom. The molecule has 138 valence electrons. The second-order valence-electron chi connectivity index (χ2n) is 5.71. The molecule has 2 rings (SSSR count). The monoisotopic (exact) mass is 356 g/mol. The van der Waals surface area contributed by atoms with E-state index in [9.17, 15) is 4.79 Å². The van der Waals surface area contributed by atoms with Crippen molar-refractivity contribution in [1.82, 2.24) is 0 Å². The third kappa shape index (κ3) is 5.44. The summed E-state index contributed by atoms with van der Waals surface area (Å²) in [5, 5.41) is 5.90. The summed E-state index contributed by atoms with van der Waals surface area (Å²) in [7, 11) is 3.11. The van der Waals surface area contributed by atoms with Crippen molar-refractivity contribution in [2.75, 3.05) is 38.0 Å². The Bertz CT molecular complexity index is 774. The van der Waals surface area contributed by atoms with Gasteiger partial charge in [-0.25, -0.2) is 0 Å². The lowest BCUT2D eigenvalue weighted by atomic mass is 10.2. The third-order valence-corrected chi connectivity index (χ3v) is 3.48. The number of nitrogens with one attached hydrogen (secondary N) is 2. The first-order valence-corrected chi connectivity index (χ1v) is 8.15. The number of methoxy groups -OCH3 is 2. The molecule has 0 spiro atoms. The van der Waals surface area contributed by atoms with Crippen LogP contribution in [0.15, 0.2) is 54.6 Å². The minimum Gasteiger partial charge on any atom is -0.497 e. The molecule has 0 atom stereocenters. The van der Waals surface area contributed by atoms with Crippen LogP contribution in [0.25, 0.3) is 0 Å². The summed E-state index contributed by atoms with van der Waals surface area (Å²) in [6.45, 7) is 6.21. The molecule has 6 heteroatoms. The van der Waals surface area contributed by atoms with Crippen LogP contribution in [-0.2, 0) is 4.79 Å². The highest BCUT2D eigenvalue weighted by Crippen LogP contribution is 2.29. The quantitative estimate of drug-likeness (QED) is 0.671. The van der Waals surface area contributed by atoms with Crippen molar-refractivity contribution in [3.05, 3.63) is 54.6 Å². The van der Waals surface area contributed by atoms with E-state index in [0.717, 1.165) is 11.3 Å². The van der Waals surface area contributed by atoms with Gasteiger partial charge in [0.25, 0.3) is 0 Å². The van der Waals surface area contributed by atoms with Crippen molar-refractivity contribution in [3.63, 3.8) is 0 Å². The molecular weight excluding hydrogens is 332 g/mol. The maximum absolute atomic E-state index is 12.3. The summed E-state index contributed by atoms with van der Waals surface area (Å²) >= 11 is 0. The maximum atomic E-state index is 12.3. The predicted molar refractivity (Wildman–Crippen MR) is 103 cm³/mol. The van der Waals surface area contributed by atoms with Gasteiger partial charge in [0.15, 0.2) is 0 Å². The molecule has 0 aliphatic carbocycles. The van der Waals surface area contributed by atoms with E-state index < -0.39 is 0 Å². The number of hydrogen-bond acceptors (Lipinski definition) is 5. The molecule has 2 aromatic carbocycles. The topological polar surface area (TPSA) is 68.8 Å². The van der Waals surface area contributed by atoms with Gasteiger partial charge in [0.2, 0.25) is 5.91 Å². The highest BCUT2D eigenvalue weighted by atomic mass is 16.5. The number of amides is 1. The molecule has 2 aromatic rings. The Balaban J connectivity index is 2.00. The van der Waals surface area contributed by atoms with E-state index in [1.807, 2.05) is 31.2 Å². The standard InChI is InChI=1S/C20H24N2O4/c1-14(2)13-26-19-8-6-5-7-16(19)21-12-20(23)22-17-11-15(24-3)9-10-18(17)25-4/h5-11,21H,1,12-13H2,2-4H3,(H,22,23). The van der Waals surface area contributed by atoms with Crippen LogP contribution in [0.3, 0.4) is 0 Å². The number of anilines is 2. The van der Waals surface area contributed by atoms with Crippen LogP contribution in [-0.4, -0.2) is 33.3 Å². The number of benzene rings is 2. The number of para-hydroxylation sites is 2. The minimum absolute atomic E-state index is 0.0772. The van der Waals surface area contributed by atoms with Crippen molar-refractivity contribution in [2.45, 2.75) is 6.92 Å². The molecule has 0 saturated carbocycles. The lowest BCUT2D eigenvalue weighted by Gasteiger charge is -2.14. The van der Waals surface area contributed by atoms with E-state index in [4.69, 9.17) is 14.2 Å². The Morgan fingerprint density at radius 1 is 1.04 bits per heavy atom. The third-order valence-electron chi connectivity index (χ3n) is 3.48. The maximum Gasteiger partial charge on any atom is 0.243 e. The average molecular weight is 356 g/mol. The van der Waals surface area contributed by atoms with Gasteiger partial charge in [-0.2, -0.15) is 0 Å². The molecule has 0 aliphatic heterocycles. The number of carbonyl (C=O) groups is 1. The van der Waals surface area contributed by atoms with Gasteiger partial charge in [-0.05, 0) is 36.8 Å². The van der Waals surface area contributed by atoms with Gasteiger partial charge < -0.3 is 24.8 Å². The smallest absolute Gasteiger partial charge is 0.243 e. The fourth-order valence-corrected chi connectivity index (χ4v) is 2.22. The molecule has 0 aliphatic rings. The number of ether oxygens (including phenoxy) is 3. The lowest BCUT2D eigenvalue weighted by molar-refractivity contribution is -0.114. The number of rotatable bonds is 9. The molecular formula is C20H24N2O4. The van der Waals surface area contributed by atoms with Crippen LogP contribution in [0.5, 0.6) is 17.2 Å². The SMILES string of the molecule is C=C(C)COc1ccccc1NCC(=O)Nc1cc(OC)ccc1OC. The summed E-state index contributed by atoms with van der Waals surface area (Å²) in [5.41, 5.74) is 2.20. The first kappa shape index (κ1) is 19.2. The van der Waals surface area contributed by atoms with Gasteiger partial charge in [-0.3, -0.25) is 4.79 Å². The van der Waals surface area contributed by atoms with Crippen LogP contribution >= 0.6 is 0 Å². The average Bonchev–Trinajstić information content (AvgIpc) is 2.65. The Labute approximate surface area is 153 Å². The van der Waals surface area contributed by atoms with Crippen molar-refractivity contribution >= 4 is 17.3 Å².